The summed E-state index contributed by atoms with van der Waals surface area (Å²) in [5, 5.41) is 3.17. The van der Waals surface area contributed by atoms with Crippen LogP contribution in [0.15, 0.2) is 47.4 Å². The fourth-order valence-corrected chi connectivity index (χ4v) is 5.09. The van der Waals surface area contributed by atoms with Gasteiger partial charge in [0.1, 0.15) is 5.82 Å². The third-order valence-electron chi connectivity index (χ3n) is 5.49. The molecule has 1 aliphatic heterocycles. The highest BCUT2D eigenvalue weighted by molar-refractivity contribution is 7.92. The number of sulfonamides is 1. The van der Waals surface area contributed by atoms with Gasteiger partial charge in [-0.2, -0.15) is 0 Å². The number of rotatable bonds is 7. The minimum Gasteiger partial charge on any atom is -0.349 e. The van der Waals surface area contributed by atoms with Crippen LogP contribution in [-0.2, 0) is 10.0 Å². The second kappa shape index (κ2) is 9.97. The van der Waals surface area contributed by atoms with Crippen LogP contribution in [0.5, 0.6) is 0 Å². The molecule has 0 bridgehead atoms. The first-order chi connectivity index (χ1) is 14.7. The van der Waals surface area contributed by atoms with E-state index < -0.39 is 15.8 Å². The zero-order chi connectivity index (χ0) is 22.6. The topological polar surface area (TPSA) is 69.7 Å². The van der Waals surface area contributed by atoms with Crippen molar-refractivity contribution in [2.45, 2.75) is 37.1 Å². The fraction of sp³-hybridized carbons (Fsp3) is 0.409. The van der Waals surface area contributed by atoms with Crippen LogP contribution in [0.25, 0.3) is 0 Å². The maximum Gasteiger partial charge on any atom is 0.264 e. The number of hydrogen-bond donors (Lipinski definition) is 1. The molecule has 2 aromatic rings. The molecule has 2 aromatic carbocycles. The van der Waals surface area contributed by atoms with Crippen LogP contribution in [0, 0.1) is 5.82 Å². The first kappa shape index (κ1) is 23.5. The Kier molecular flexibility index (Phi) is 7.56. The van der Waals surface area contributed by atoms with Gasteiger partial charge < -0.3 is 10.2 Å². The first-order valence-corrected chi connectivity index (χ1v) is 12.1. The fourth-order valence-electron chi connectivity index (χ4n) is 3.67. The van der Waals surface area contributed by atoms with Crippen molar-refractivity contribution in [1.29, 1.82) is 0 Å². The van der Waals surface area contributed by atoms with Gasteiger partial charge in [-0.15, -0.1) is 0 Å². The second-order valence-electron chi connectivity index (χ2n) is 7.68. The van der Waals surface area contributed by atoms with Crippen molar-refractivity contribution < 1.29 is 17.6 Å². The number of nitrogens with one attached hydrogen (secondary N) is 1. The number of carbonyl (C=O) groups is 1. The van der Waals surface area contributed by atoms with Crippen molar-refractivity contribution in [2.24, 2.45) is 0 Å². The highest BCUT2D eigenvalue weighted by Gasteiger charge is 2.25. The normalized spacial score (nSPS) is 15.6. The summed E-state index contributed by atoms with van der Waals surface area (Å²) >= 11 is 6.22. The zero-order valence-electron chi connectivity index (χ0n) is 17.6. The number of nitrogens with zero attached hydrogens (tertiary/aromatic N) is 2. The summed E-state index contributed by atoms with van der Waals surface area (Å²) in [6, 6.07) is 9.21. The monoisotopic (exact) mass is 467 g/mol. The molecule has 0 aliphatic carbocycles. The van der Waals surface area contributed by atoms with Crippen molar-refractivity contribution in [3.05, 3.63) is 58.9 Å². The lowest BCUT2D eigenvalue weighted by Gasteiger charge is -2.32. The van der Waals surface area contributed by atoms with Gasteiger partial charge in [0.15, 0.2) is 0 Å². The summed E-state index contributed by atoms with van der Waals surface area (Å²) in [5.41, 5.74) is 0.424. The van der Waals surface area contributed by atoms with Gasteiger partial charge in [-0.1, -0.05) is 18.5 Å². The Hall–Kier alpha value is -2.16. The quantitative estimate of drug-likeness (QED) is 0.670. The second-order valence-corrected chi connectivity index (χ2v) is 10.1. The molecule has 1 N–H and O–H groups in total. The van der Waals surface area contributed by atoms with Crippen molar-refractivity contribution in [3.63, 3.8) is 0 Å². The maximum absolute atomic E-state index is 13.2. The smallest absolute Gasteiger partial charge is 0.264 e. The van der Waals surface area contributed by atoms with Gasteiger partial charge in [0, 0.05) is 26.2 Å². The molecule has 1 fully saturated rings. The third-order valence-corrected chi connectivity index (χ3v) is 7.60. The Bertz CT molecular complexity index is 1020. The zero-order valence-corrected chi connectivity index (χ0v) is 19.2. The number of amides is 1. The molecule has 31 heavy (non-hydrogen) atoms. The van der Waals surface area contributed by atoms with Crippen molar-refractivity contribution >= 4 is 33.2 Å². The van der Waals surface area contributed by atoms with Gasteiger partial charge >= 0.3 is 0 Å². The molecule has 9 heteroatoms. The largest absolute Gasteiger partial charge is 0.349 e. The van der Waals surface area contributed by atoms with E-state index in [1.807, 2.05) is 0 Å². The van der Waals surface area contributed by atoms with E-state index in [2.05, 4.69) is 17.1 Å². The number of benzene rings is 2. The standard InChI is InChI=1S/C22H27ClFN3O3S/c1-3-12-27-13-10-17(11-14-27)25-22(28)20-15-19(8-9-21(20)23)31(29,30)26(2)18-6-4-16(24)5-7-18/h4-9,15,17H,3,10-14H2,1-2H3,(H,25,28). The van der Waals surface area contributed by atoms with E-state index in [0.717, 1.165) is 43.2 Å². The molecule has 0 spiro atoms. The lowest BCUT2D eigenvalue weighted by molar-refractivity contribution is 0.0911. The van der Waals surface area contributed by atoms with Gasteiger partial charge in [-0.05, 0) is 68.3 Å². The van der Waals surface area contributed by atoms with E-state index in [4.69, 9.17) is 11.6 Å². The SMILES string of the molecule is CCCN1CCC(NC(=O)c2cc(S(=O)(=O)N(C)c3ccc(F)cc3)ccc2Cl)CC1. The molecule has 0 radical (unpaired) electrons. The van der Waals surface area contributed by atoms with Crippen LogP contribution >= 0.6 is 11.6 Å². The molecule has 0 atom stereocenters. The molecule has 0 unspecified atom stereocenters. The third kappa shape index (κ3) is 5.56. The summed E-state index contributed by atoms with van der Waals surface area (Å²) in [6.45, 7) is 5.03. The van der Waals surface area contributed by atoms with Gasteiger partial charge in [0.2, 0.25) is 0 Å². The number of likely N-dealkylation sites (tertiary alicyclic amines) is 1. The molecule has 1 amide bonds. The van der Waals surface area contributed by atoms with E-state index in [0.29, 0.717) is 5.69 Å². The van der Waals surface area contributed by atoms with E-state index in [9.17, 15) is 17.6 Å². The molecule has 0 saturated carbocycles. The molecule has 6 nitrogen and oxygen atoms in total. The van der Waals surface area contributed by atoms with E-state index >= 15 is 0 Å². The number of hydrogen-bond acceptors (Lipinski definition) is 4. The average Bonchev–Trinajstić information content (AvgIpc) is 2.75. The molecule has 1 aliphatic rings. The minimum absolute atomic E-state index is 0.0267. The lowest BCUT2D eigenvalue weighted by Crippen LogP contribution is -2.44. The Labute approximate surface area is 188 Å². The van der Waals surface area contributed by atoms with Crippen LogP contribution in [0.1, 0.15) is 36.5 Å². The molecule has 0 aromatic heterocycles. The van der Waals surface area contributed by atoms with Gasteiger partial charge in [0.25, 0.3) is 15.9 Å². The van der Waals surface area contributed by atoms with Crippen molar-refractivity contribution in [1.82, 2.24) is 10.2 Å². The van der Waals surface area contributed by atoms with Crippen LogP contribution in [0.3, 0.4) is 0 Å². The predicted octanol–water partition coefficient (Wildman–Crippen LogP) is 3.91. The number of carbonyl (C=O) groups excluding carboxylic acids is 1. The Balaban J connectivity index is 1.76. The average molecular weight is 468 g/mol. The first-order valence-electron chi connectivity index (χ1n) is 10.3. The van der Waals surface area contributed by atoms with E-state index in [-0.39, 0.29) is 27.4 Å². The van der Waals surface area contributed by atoms with Crippen LogP contribution in [0.4, 0.5) is 10.1 Å². The maximum atomic E-state index is 13.2. The van der Waals surface area contributed by atoms with Crippen molar-refractivity contribution in [2.75, 3.05) is 31.0 Å². The molecule has 1 saturated heterocycles. The highest BCUT2D eigenvalue weighted by atomic mass is 35.5. The van der Waals surface area contributed by atoms with E-state index in [1.54, 1.807) is 0 Å². The molecular weight excluding hydrogens is 441 g/mol. The molecule has 3 rings (SSSR count). The molecular formula is C22H27ClFN3O3S. The summed E-state index contributed by atoms with van der Waals surface area (Å²) in [6.07, 6.45) is 2.78. The lowest BCUT2D eigenvalue weighted by atomic mass is 10.0. The summed E-state index contributed by atoms with van der Waals surface area (Å²) in [5.74, 6) is -0.846. The predicted molar refractivity (Wildman–Crippen MR) is 121 cm³/mol. The Morgan fingerprint density at radius 3 is 2.45 bits per heavy atom. The van der Waals surface area contributed by atoms with Crippen molar-refractivity contribution in [3.8, 4) is 0 Å². The molecule has 168 valence electrons. The summed E-state index contributed by atoms with van der Waals surface area (Å²) < 4.78 is 40.3. The minimum atomic E-state index is -3.96. The molecule has 1 heterocycles. The Morgan fingerprint density at radius 2 is 1.84 bits per heavy atom. The number of anilines is 1. The van der Waals surface area contributed by atoms with Gasteiger partial charge in [0.05, 0.1) is 21.2 Å². The highest BCUT2D eigenvalue weighted by Crippen LogP contribution is 2.26. The summed E-state index contributed by atoms with van der Waals surface area (Å²) in [4.78, 5) is 15.1. The number of halogens is 2. The van der Waals surface area contributed by atoms with E-state index in [1.165, 1.54) is 49.5 Å². The van der Waals surface area contributed by atoms with Crippen LogP contribution in [-0.4, -0.2) is 51.9 Å². The van der Waals surface area contributed by atoms with Gasteiger partial charge in [-0.3, -0.25) is 9.10 Å². The summed E-state index contributed by atoms with van der Waals surface area (Å²) in [7, 11) is -2.58. The van der Waals surface area contributed by atoms with Crippen LogP contribution < -0.4 is 9.62 Å². The Morgan fingerprint density at radius 1 is 1.19 bits per heavy atom. The van der Waals surface area contributed by atoms with Gasteiger partial charge in [-0.25, -0.2) is 12.8 Å². The van der Waals surface area contributed by atoms with Crippen LogP contribution in [0.2, 0.25) is 5.02 Å². The number of piperidine rings is 1.